The predicted molar refractivity (Wildman–Crippen MR) is 38.9 cm³/mol. The zero-order chi connectivity index (χ0) is 7.84. The Labute approximate surface area is 63.3 Å². The molecule has 0 aliphatic heterocycles. The molecule has 0 saturated heterocycles. The Hall–Kier alpha value is -1.58. The second kappa shape index (κ2) is 1.95. The number of aryl methyl sites for hydroxylation is 1. The van der Waals surface area contributed by atoms with E-state index in [0.717, 1.165) is 10.4 Å². The number of nitrogens with zero attached hydrogens (tertiary/aromatic N) is 3. The van der Waals surface area contributed by atoms with E-state index < -0.39 is 0 Å². The van der Waals surface area contributed by atoms with E-state index in [4.69, 9.17) is 0 Å². The van der Waals surface area contributed by atoms with Crippen LogP contribution in [0.4, 0.5) is 0 Å². The topological polar surface area (TPSA) is 44.2 Å². The van der Waals surface area contributed by atoms with Crippen LogP contribution in [-0.4, -0.2) is 9.61 Å². The van der Waals surface area contributed by atoms with Crippen molar-refractivity contribution in [2.75, 3.05) is 0 Å². The minimum atomic E-state index is 0.560. The highest BCUT2D eigenvalue weighted by molar-refractivity contribution is 5.32. The number of rotatable bonds is 0. The molecule has 0 N–H and O–H groups in total. The molecule has 2 rings (SSSR count). The molecule has 0 unspecified atom stereocenters. The molecule has 11 heavy (non-hydrogen) atoms. The summed E-state index contributed by atoms with van der Waals surface area (Å²) in [5.41, 5.74) is 1.41. The van der Waals surface area contributed by atoms with E-state index in [1.165, 1.54) is 6.20 Å². The summed E-state index contributed by atoms with van der Waals surface area (Å²) >= 11 is 0. The van der Waals surface area contributed by atoms with E-state index in [1.807, 2.05) is 6.92 Å². The molecule has 4 heteroatoms. The van der Waals surface area contributed by atoms with Gasteiger partial charge in [-0.15, -0.1) is 4.52 Å². The van der Waals surface area contributed by atoms with Gasteiger partial charge in [-0.05, 0) is 6.92 Å². The lowest BCUT2D eigenvalue weighted by atomic mass is 10.5. The number of hydrogen-bond acceptors (Lipinski definition) is 2. The Balaban J connectivity index is 2.90. The van der Waals surface area contributed by atoms with Gasteiger partial charge in [-0.1, -0.05) is 5.10 Å². The maximum atomic E-state index is 11.0. The quantitative estimate of drug-likeness (QED) is 0.399. The van der Waals surface area contributed by atoms with Crippen LogP contribution in [0.25, 0.3) is 5.65 Å². The number of hydrogen-bond donors (Lipinski definition) is 0. The molecule has 2 aromatic rings. The molecule has 0 atom stereocenters. The van der Waals surface area contributed by atoms with Gasteiger partial charge in [0, 0.05) is 6.07 Å². The fraction of sp³-hybridized carbons (Fsp3) is 0.143. The van der Waals surface area contributed by atoms with Crippen LogP contribution in [0.1, 0.15) is 5.69 Å². The zero-order valence-electron chi connectivity index (χ0n) is 6.06. The normalized spacial score (nSPS) is 10.6. The van der Waals surface area contributed by atoms with Crippen molar-refractivity contribution in [3.05, 3.63) is 35.4 Å². The Morgan fingerprint density at radius 1 is 1.64 bits per heavy atom. The average Bonchev–Trinajstić information content (AvgIpc) is 2.31. The first-order valence-corrected chi connectivity index (χ1v) is 3.31. The highest BCUT2D eigenvalue weighted by Gasteiger charge is 2.04. The minimum absolute atomic E-state index is 0.560. The molecular formula is C7H7N3O. The van der Waals surface area contributed by atoms with Crippen LogP contribution in [0.3, 0.4) is 0 Å². The van der Waals surface area contributed by atoms with Gasteiger partial charge in [0.25, 0.3) is 0 Å². The van der Waals surface area contributed by atoms with Gasteiger partial charge in [-0.25, -0.2) is 4.73 Å². The third-order valence-corrected chi connectivity index (χ3v) is 1.51. The molecule has 0 bridgehead atoms. The van der Waals surface area contributed by atoms with Crippen LogP contribution in [0, 0.1) is 12.1 Å². The molecule has 0 aliphatic rings. The van der Waals surface area contributed by atoms with Gasteiger partial charge >= 0.3 is 5.65 Å². The third kappa shape index (κ3) is 0.832. The molecule has 0 fully saturated rings. The van der Waals surface area contributed by atoms with Crippen LogP contribution in [0.2, 0.25) is 0 Å². The molecule has 0 aromatic carbocycles. The van der Waals surface area contributed by atoms with Crippen molar-refractivity contribution < 1.29 is 4.73 Å². The molecule has 0 saturated carbocycles. The lowest BCUT2D eigenvalue weighted by Crippen LogP contribution is -2.27. The first-order chi connectivity index (χ1) is 5.27. The van der Waals surface area contributed by atoms with Crippen molar-refractivity contribution in [3.8, 4) is 0 Å². The van der Waals surface area contributed by atoms with Crippen LogP contribution in [-0.2, 0) is 0 Å². The summed E-state index contributed by atoms with van der Waals surface area (Å²) in [6.07, 6.45) is 3.20. The van der Waals surface area contributed by atoms with E-state index in [1.54, 1.807) is 22.8 Å². The van der Waals surface area contributed by atoms with E-state index in [0.29, 0.717) is 5.65 Å². The first kappa shape index (κ1) is 6.15. The second-order valence-corrected chi connectivity index (χ2v) is 2.40. The molecule has 2 heterocycles. The maximum absolute atomic E-state index is 11.0. The Kier molecular flexibility index (Phi) is 1.09. The second-order valence-electron chi connectivity index (χ2n) is 2.40. The summed E-state index contributed by atoms with van der Waals surface area (Å²) < 4.78 is 2.35. The van der Waals surface area contributed by atoms with Crippen LogP contribution in [0.15, 0.2) is 24.5 Å². The molecule has 0 radical (unpaired) electrons. The first-order valence-electron chi connectivity index (χ1n) is 3.31. The van der Waals surface area contributed by atoms with Crippen molar-refractivity contribution in [1.29, 1.82) is 0 Å². The summed E-state index contributed by atoms with van der Waals surface area (Å²) in [6, 6.07) is 3.40. The molecule has 56 valence electrons. The van der Waals surface area contributed by atoms with Crippen molar-refractivity contribution in [3.63, 3.8) is 0 Å². The van der Waals surface area contributed by atoms with Crippen LogP contribution in [0.5, 0.6) is 0 Å². The lowest BCUT2D eigenvalue weighted by molar-refractivity contribution is -0.581. The molecule has 4 nitrogen and oxygen atoms in total. The Bertz CT molecular complexity index is 393. The van der Waals surface area contributed by atoms with Crippen LogP contribution >= 0.6 is 0 Å². The number of fused-ring (bicyclic) bond motifs is 1. The van der Waals surface area contributed by atoms with Crippen molar-refractivity contribution >= 4 is 5.65 Å². The molecule has 0 amide bonds. The third-order valence-electron chi connectivity index (χ3n) is 1.51. The summed E-state index contributed by atoms with van der Waals surface area (Å²) in [5, 5.41) is 15.1. The SMILES string of the molecule is Cc1cc2n(ccc[n+]2[O-])n1. The van der Waals surface area contributed by atoms with Gasteiger partial charge in [0.05, 0.1) is 18.0 Å². The standard InChI is InChI=1S/C7H7N3O/c1-6-5-7-9(8-6)3-2-4-10(7)11/h2-5H,1H3. The van der Waals surface area contributed by atoms with E-state index in [9.17, 15) is 5.21 Å². The van der Waals surface area contributed by atoms with E-state index in [2.05, 4.69) is 5.10 Å². The molecule has 0 spiro atoms. The fourth-order valence-corrected chi connectivity index (χ4v) is 1.05. The minimum Gasteiger partial charge on any atom is -0.711 e. The fourth-order valence-electron chi connectivity index (χ4n) is 1.05. The highest BCUT2D eigenvalue weighted by atomic mass is 16.5. The molecular weight excluding hydrogens is 142 g/mol. The molecule has 0 aliphatic carbocycles. The average molecular weight is 149 g/mol. The van der Waals surface area contributed by atoms with Gasteiger partial charge in [0.2, 0.25) is 0 Å². The van der Waals surface area contributed by atoms with Crippen LogP contribution < -0.4 is 4.73 Å². The van der Waals surface area contributed by atoms with E-state index >= 15 is 0 Å². The zero-order valence-corrected chi connectivity index (χ0v) is 6.06. The van der Waals surface area contributed by atoms with Crippen molar-refractivity contribution in [1.82, 2.24) is 9.61 Å². The summed E-state index contributed by atoms with van der Waals surface area (Å²) in [5.74, 6) is 0. The van der Waals surface area contributed by atoms with Gasteiger partial charge in [0.1, 0.15) is 6.20 Å². The summed E-state index contributed by atoms with van der Waals surface area (Å²) in [7, 11) is 0. The summed E-state index contributed by atoms with van der Waals surface area (Å²) in [6.45, 7) is 1.85. The van der Waals surface area contributed by atoms with Gasteiger partial charge in [0.15, 0.2) is 0 Å². The van der Waals surface area contributed by atoms with E-state index in [-0.39, 0.29) is 0 Å². The maximum Gasteiger partial charge on any atom is 0.311 e. The van der Waals surface area contributed by atoms with Crippen molar-refractivity contribution in [2.45, 2.75) is 6.92 Å². The van der Waals surface area contributed by atoms with Gasteiger partial charge in [-0.3, -0.25) is 0 Å². The highest BCUT2D eigenvalue weighted by Crippen LogP contribution is 1.98. The Morgan fingerprint density at radius 3 is 3.18 bits per heavy atom. The van der Waals surface area contributed by atoms with Gasteiger partial charge < -0.3 is 5.21 Å². The Morgan fingerprint density at radius 2 is 2.45 bits per heavy atom. The number of aromatic nitrogens is 3. The predicted octanol–water partition coefficient (Wildman–Crippen LogP) is 0.276. The summed E-state index contributed by atoms with van der Waals surface area (Å²) in [4.78, 5) is 0. The molecule has 2 aromatic heterocycles. The largest absolute Gasteiger partial charge is 0.711 e. The smallest absolute Gasteiger partial charge is 0.311 e. The monoisotopic (exact) mass is 149 g/mol. The van der Waals surface area contributed by atoms with Gasteiger partial charge in [-0.2, -0.15) is 0 Å². The lowest BCUT2D eigenvalue weighted by Gasteiger charge is -1.98. The van der Waals surface area contributed by atoms with Crippen molar-refractivity contribution in [2.24, 2.45) is 0 Å².